The Labute approximate surface area is 150 Å². The van der Waals surface area contributed by atoms with Gasteiger partial charge in [0.1, 0.15) is 0 Å². The molecule has 1 fully saturated rings. The molecule has 4 nitrogen and oxygen atoms in total. The van der Waals surface area contributed by atoms with E-state index in [1.165, 1.54) is 0 Å². The quantitative estimate of drug-likeness (QED) is 0.883. The van der Waals surface area contributed by atoms with E-state index in [4.69, 9.17) is 0 Å². The van der Waals surface area contributed by atoms with Crippen molar-refractivity contribution in [2.45, 2.75) is 38.0 Å². The fourth-order valence-corrected chi connectivity index (χ4v) is 3.52. The van der Waals surface area contributed by atoms with Gasteiger partial charge in [-0.1, -0.05) is 18.2 Å². The minimum Gasteiger partial charge on any atom is -0.311 e. The molecule has 2 aromatic rings. The van der Waals surface area contributed by atoms with Gasteiger partial charge in [-0.3, -0.25) is 4.79 Å². The lowest BCUT2D eigenvalue weighted by Gasteiger charge is -2.32. The number of hydrogen-bond acceptors (Lipinski definition) is 3. The molecule has 142 valence electrons. The van der Waals surface area contributed by atoms with E-state index in [1.54, 1.807) is 11.6 Å². The molecular formula is C19H24F3N3O. The predicted molar refractivity (Wildman–Crippen MR) is 96.2 cm³/mol. The SMILES string of the molecule is Cn1c(=O)c(CNC2CCN(CCC(F)(F)F)CC2)cc2ccccc21. The standard InChI is InChI=1S/C19H24F3N3O/c1-24-17-5-3-2-4-14(17)12-15(18(24)26)13-23-16-6-9-25(10-7-16)11-8-19(20,21)22/h2-5,12,16,23H,6-11,13H2,1H3. The zero-order chi connectivity index (χ0) is 18.7. The van der Waals surface area contributed by atoms with Gasteiger partial charge in [-0.05, 0) is 43.5 Å². The van der Waals surface area contributed by atoms with Crippen LogP contribution in [0.4, 0.5) is 13.2 Å². The molecule has 0 unspecified atom stereocenters. The Hall–Kier alpha value is -1.86. The number of alkyl halides is 3. The average molecular weight is 367 g/mol. The maximum Gasteiger partial charge on any atom is 0.390 e. The van der Waals surface area contributed by atoms with Gasteiger partial charge < -0.3 is 14.8 Å². The number of para-hydroxylation sites is 1. The summed E-state index contributed by atoms with van der Waals surface area (Å²) in [7, 11) is 1.77. The van der Waals surface area contributed by atoms with Gasteiger partial charge in [0.2, 0.25) is 0 Å². The van der Waals surface area contributed by atoms with E-state index in [2.05, 4.69) is 5.32 Å². The maximum absolute atomic E-state index is 12.5. The Morgan fingerprint density at radius 1 is 1.19 bits per heavy atom. The first-order valence-corrected chi connectivity index (χ1v) is 8.93. The summed E-state index contributed by atoms with van der Waals surface area (Å²) < 4.78 is 38.6. The molecule has 1 aliphatic heterocycles. The van der Waals surface area contributed by atoms with Crippen molar-refractivity contribution < 1.29 is 13.2 Å². The van der Waals surface area contributed by atoms with E-state index < -0.39 is 12.6 Å². The number of pyridine rings is 1. The highest BCUT2D eigenvalue weighted by Gasteiger charge is 2.29. The lowest BCUT2D eigenvalue weighted by molar-refractivity contribution is -0.138. The number of aromatic nitrogens is 1. The van der Waals surface area contributed by atoms with Crippen LogP contribution in [0.3, 0.4) is 0 Å². The van der Waals surface area contributed by atoms with Crippen LogP contribution in [0.25, 0.3) is 10.9 Å². The zero-order valence-corrected chi connectivity index (χ0v) is 14.9. The zero-order valence-electron chi connectivity index (χ0n) is 14.9. The fraction of sp³-hybridized carbons (Fsp3) is 0.526. The van der Waals surface area contributed by atoms with Gasteiger partial charge in [-0.15, -0.1) is 0 Å². The molecule has 3 rings (SSSR count). The summed E-state index contributed by atoms with van der Waals surface area (Å²) in [6.45, 7) is 1.86. The number of rotatable bonds is 5. The molecular weight excluding hydrogens is 343 g/mol. The number of aryl methyl sites for hydroxylation is 1. The van der Waals surface area contributed by atoms with Crippen LogP contribution in [0.1, 0.15) is 24.8 Å². The van der Waals surface area contributed by atoms with Gasteiger partial charge in [0.25, 0.3) is 5.56 Å². The van der Waals surface area contributed by atoms with Crippen LogP contribution < -0.4 is 10.9 Å². The van der Waals surface area contributed by atoms with Crippen LogP contribution in [-0.4, -0.2) is 41.3 Å². The van der Waals surface area contributed by atoms with Crippen LogP contribution in [0, 0.1) is 0 Å². The topological polar surface area (TPSA) is 37.3 Å². The summed E-state index contributed by atoms with van der Waals surface area (Å²) in [5.41, 5.74) is 1.60. The smallest absolute Gasteiger partial charge is 0.311 e. The van der Waals surface area contributed by atoms with Crippen LogP contribution in [0.15, 0.2) is 35.1 Å². The Balaban J connectivity index is 1.55. The second kappa shape index (κ2) is 7.80. The van der Waals surface area contributed by atoms with E-state index >= 15 is 0 Å². The first-order valence-electron chi connectivity index (χ1n) is 8.93. The number of likely N-dealkylation sites (tertiary alicyclic amines) is 1. The third kappa shape index (κ3) is 4.65. The fourth-order valence-electron chi connectivity index (χ4n) is 3.52. The largest absolute Gasteiger partial charge is 0.390 e. The number of nitrogens with one attached hydrogen (secondary N) is 1. The van der Waals surface area contributed by atoms with Crippen molar-refractivity contribution in [1.82, 2.24) is 14.8 Å². The van der Waals surface area contributed by atoms with Crippen molar-refractivity contribution in [2.24, 2.45) is 7.05 Å². The molecule has 26 heavy (non-hydrogen) atoms. The third-order valence-electron chi connectivity index (χ3n) is 5.09. The van der Waals surface area contributed by atoms with Crippen molar-refractivity contribution in [2.75, 3.05) is 19.6 Å². The highest BCUT2D eigenvalue weighted by molar-refractivity contribution is 5.79. The molecule has 1 N–H and O–H groups in total. The molecule has 0 aliphatic carbocycles. The van der Waals surface area contributed by atoms with Crippen molar-refractivity contribution in [3.05, 3.63) is 46.2 Å². The van der Waals surface area contributed by atoms with E-state index in [0.29, 0.717) is 25.2 Å². The Morgan fingerprint density at radius 2 is 1.88 bits per heavy atom. The van der Waals surface area contributed by atoms with Crippen molar-refractivity contribution in [3.8, 4) is 0 Å². The Morgan fingerprint density at radius 3 is 2.58 bits per heavy atom. The number of benzene rings is 1. The van der Waals surface area contributed by atoms with Crippen molar-refractivity contribution in [3.63, 3.8) is 0 Å². The molecule has 0 bridgehead atoms. The molecule has 7 heteroatoms. The summed E-state index contributed by atoms with van der Waals surface area (Å²) in [5.74, 6) is 0. The third-order valence-corrected chi connectivity index (χ3v) is 5.09. The number of hydrogen-bond donors (Lipinski definition) is 1. The molecule has 0 amide bonds. The molecule has 0 saturated carbocycles. The molecule has 1 aromatic heterocycles. The predicted octanol–water partition coefficient (Wildman–Crippen LogP) is 3.04. The van der Waals surface area contributed by atoms with E-state index in [1.807, 2.05) is 35.2 Å². The number of fused-ring (bicyclic) bond motifs is 1. The van der Waals surface area contributed by atoms with E-state index in [0.717, 1.165) is 23.7 Å². The highest BCUT2D eigenvalue weighted by Crippen LogP contribution is 2.21. The molecule has 0 atom stereocenters. The van der Waals surface area contributed by atoms with Crippen LogP contribution in [0.2, 0.25) is 0 Å². The van der Waals surface area contributed by atoms with Gasteiger partial charge in [-0.2, -0.15) is 13.2 Å². The molecule has 0 radical (unpaired) electrons. The minimum atomic E-state index is -4.09. The van der Waals surface area contributed by atoms with Crippen molar-refractivity contribution in [1.29, 1.82) is 0 Å². The summed E-state index contributed by atoms with van der Waals surface area (Å²) in [4.78, 5) is 14.4. The van der Waals surface area contributed by atoms with Crippen molar-refractivity contribution >= 4 is 10.9 Å². The molecule has 1 aliphatic rings. The lowest BCUT2D eigenvalue weighted by atomic mass is 10.0. The first-order chi connectivity index (χ1) is 12.3. The van der Waals surface area contributed by atoms with E-state index in [-0.39, 0.29) is 18.1 Å². The normalized spacial score (nSPS) is 17.1. The number of halogens is 3. The monoisotopic (exact) mass is 367 g/mol. The second-order valence-electron chi connectivity index (χ2n) is 6.95. The molecule has 0 spiro atoms. The molecule has 2 heterocycles. The summed E-state index contributed by atoms with van der Waals surface area (Å²) >= 11 is 0. The summed E-state index contributed by atoms with van der Waals surface area (Å²) in [5, 5.41) is 4.42. The summed E-state index contributed by atoms with van der Waals surface area (Å²) in [6, 6.07) is 9.91. The van der Waals surface area contributed by atoms with Gasteiger partial charge >= 0.3 is 6.18 Å². The van der Waals surface area contributed by atoms with Gasteiger partial charge in [-0.25, -0.2) is 0 Å². The summed E-state index contributed by atoms with van der Waals surface area (Å²) in [6.07, 6.45) is -3.25. The van der Waals surface area contributed by atoms with Gasteiger partial charge in [0, 0.05) is 31.7 Å². The maximum atomic E-state index is 12.5. The number of nitrogens with zero attached hydrogens (tertiary/aromatic N) is 2. The van der Waals surface area contributed by atoms with Gasteiger partial charge in [0.15, 0.2) is 0 Å². The van der Waals surface area contributed by atoms with Gasteiger partial charge in [0.05, 0.1) is 11.9 Å². The molecule has 1 saturated heterocycles. The second-order valence-corrected chi connectivity index (χ2v) is 6.95. The number of piperidine rings is 1. The van der Waals surface area contributed by atoms with Crippen LogP contribution in [-0.2, 0) is 13.6 Å². The Kier molecular flexibility index (Phi) is 5.67. The minimum absolute atomic E-state index is 0.0150. The van der Waals surface area contributed by atoms with Crippen LogP contribution >= 0.6 is 0 Å². The molecule has 1 aromatic carbocycles. The lowest BCUT2D eigenvalue weighted by Crippen LogP contribution is -2.43. The van der Waals surface area contributed by atoms with E-state index in [9.17, 15) is 18.0 Å². The first kappa shape index (κ1) is 18.9. The van der Waals surface area contributed by atoms with Crippen LogP contribution in [0.5, 0.6) is 0 Å². The average Bonchev–Trinajstić information content (AvgIpc) is 2.62. The highest BCUT2D eigenvalue weighted by atomic mass is 19.4. The Bertz CT molecular complexity index is 808.